The monoisotopic (exact) mass is 918 g/mol. The maximum absolute atomic E-state index is 14.1. The average molecular weight is 919 g/mol. The van der Waals surface area contributed by atoms with Crippen molar-refractivity contribution in [3.8, 4) is 45.8 Å². The third-order valence-corrected chi connectivity index (χ3v) is 10.9. The van der Waals surface area contributed by atoms with Crippen LogP contribution in [0.3, 0.4) is 0 Å². The van der Waals surface area contributed by atoms with Crippen molar-refractivity contribution in [2.24, 2.45) is 0 Å². The third kappa shape index (κ3) is 9.83. The largest absolute Gasteiger partial charge is 0.508 e. The summed E-state index contributed by atoms with van der Waals surface area (Å²) < 4.78 is 45.2. The van der Waals surface area contributed by atoms with Crippen LogP contribution in [0.5, 0.6) is 34.5 Å². The van der Waals surface area contributed by atoms with Gasteiger partial charge in [0.2, 0.25) is 23.8 Å². The van der Waals surface area contributed by atoms with Crippen LogP contribution < -0.4 is 14.9 Å². The Labute approximate surface area is 365 Å². The number of aromatic hydroxyl groups is 4. The zero-order chi connectivity index (χ0) is 47.0. The maximum atomic E-state index is 14.1. The molecule has 15 unspecified atom stereocenters. The maximum Gasteiger partial charge on any atom is 0.330 e. The summed E-state index contributed by atoms with van der Waals surface area (Å²) in [7, 11) is 0. The minimum Gasteiger partial charge on any atom is -0.508 e. The molecule has 3 fully saturated rings. The van der Waals surface area contributed by atoms with Gasteiger partial charge < -0.3 is 104 Å². The van der Waals surface area contributed by atoms with Gasteiger partial charge in [0.15, 0.2) is 23.5 Å². The fourth-order valence-electron chi connectivity index (χ4n) is 7.25. The van der Waals surface area contributed by atoms with Crippen LogP contribution in [0, 0.1) is 0 Å². The van der Waals surface area contributed by atoms with Crippen LogP contribution >= 0.6 is 0 Å². The fourth-order valence-corrected chi connectivity index (χ4v) is 7.25. The van der Waals surface area contributed by atoms with E-state index in [1.165, 1.54) is 55.5 Å². The zero-order valence-corrected chi connectivity index (χ0v) is 33.8. The molecule has 0 saturated carbocycles. The Kier molecular flexibility index (Phi) is 14.2. The van der Waals surface area contributed by atoms with E-state index < -0.39 is 139 Å². The Morgan fingerprint density at radius 3 is 2.00 bits per heavy atom. The Bertz CT molecular complexity index is 2400. The molecule has 0 radical (unpaired) electrons. The highest BCUT2D eigenvalue weighted by molar-refractivity contribution is 5.88. The average Bonchev–Trinajstić information content (AvgIpc) is 3.27. The highest BCUT2D eigenvalue weighted by Gasteiger charge is 2.51. The van der Waals surface area contributed by atoms with Gasteiger partial charge in [0.25, 0.3) is 0 Å². The molecule has 3 aliphatic rings. The van der Waals surface area contributed by atoms with Crippen LogP contribution in [0.1, 0.15) is 12.5 Å². The SMILES string of the molecule is CC1OC(Oc2cc(O)c3c(=O)c(OC4OC(CO)C(O)C(O)C4O)c(-c4ccc(O)cc4)oc3c2)C(O)C(OC2OC(COC(=O)C=Cc3ccc(O)c(O)c3)C(O)C(O)C2O)C1O. The van der Waals surface area contributed by atoms with E-state index in [4.69, 9.17) is 37.6 Å². The lowest BCUT2D eigenvalue weighted by Gasteiger charge is -2.45. The number of hydrogen-bond acceptors (Lipinski definition) is 23. The molecule has 3 aliphatic heterocycles. The number of phenolic OH excluding ortho intramolecular Hbond substituents is 4. The van der Waals surface area contributed by atoms with Gasteiger partial charge in [0.05, 0.1) is 12.7 Å². The van der Waals surface area contributed by atoms with E-state index in [0.29, 0.717) is 5.56 Å². The van der Waals surface area contributed by atoms with Gasteiger partial charge in [-0.2, -0.15) is 0 Å². The molecular formula is C42H46O23. The van der Waals surface area contributed by atoms with Crippen LogP contribution in [0.25, 0.3) is 28.4 Å². The Morgan fingerprint density at radius 2 is 1.32 bits per heavy atom. The summed E-state index contributed by atoms with van der Waals surface area (Å²) in [4.78, 5) is 26.5. The molecule has 23 nitrogen and oxygen atoms in total. The summed E-state index contributed by atoms with van der Waals surface area (Å²) in [6.45, 7) is -0.128. The minimum atomic E-state index is -1.98. The summed E-state index contributed by atoms with van der Waals surface area (Å²) in [6, 6.07) is 10.9. The molecule has 0 spiro atoms. The first-order valence-electron chi connectivity index (χ1n) is 19.9. The number of benzene rings is 3. The first kappa shape index (κ1) is 47.3. The summed E-state index contributed by atoms with van der Waals surface area (Å²) in [5.41, 5.74) is -0.972. The van der Waals surface area contributed by atoms with Crippen molar-refractivity contribution in [2.45, 2.75) is 99.0 Å². The first-order chi connectivity index (χ1) is 30.9. The molecule has 3 aromatic carbocycles. The van der Waals surface area contributed by atoms with E-state index in [2.05, 4.69) is 0 Å². The van der Waals surface area contributed by atoms with E-state index in [9.17, 15) is 76.0 Å². The van der Waals surface area contributed by atoms with E-state index in [-0.39, 0.29) is 34.2 Å². The Hall–Kier alpha value is -5.64. The number of aliphatic hydroxyl groups excluding tert-OH is 9. The fraction of sp³-hybridized carbons (Fsp3) is 0.429. The van der Waals surface area contributed by atoms with Crippen LogP contribution in [-0.2, 0) is 28.5 Å². The van der Waals surface area contributed by atoms with Crippen LogP contribution in [-0.4, -0.2) is 178 Å². The van der Waals surface area contributed by atoms with Gasteiger partial charge in [-0.3, -0.25) is 4.79 Å². The molecule has 4 heterocycles. The van der Waals surface area contributed by atoms with E-state index in [0.717, 1.165) is 18.2 Å². The number of fused-ring (bicyclic) bond motifs is 1. The molecule has 0 amide bonds. The third-order valence-electron chi connectivity index (χ3n) is 10.9. The van der Waals surface area contributed by atoms with Gasteiger partial charge in [-0.25, -0.2) is 4.79 Å². The molecular weight excluding hydrogens is 872 g/mol. The van der Waals surface area contributed by atoms with Gasteiger partial charge in [0, 0.05) is 23.8 Å². The molecule has 352 valence electrons. The normalized spacial score (nSPS) is 32.9. The number of ether oxygens (including phenoxy) is 7. The zero-order valence-electron chi connectivity index (χ0n) is 33.8. The second-order valence-electron chi connectivity index (χ2n) is 15.4. The number of hydrogen-bond donors (Lipinski definition) is 13. The second kappa shape index (κ2) is 19.4. The quantitative estimate of drug-likeness (QED) is 0.0406. The molecule has 23 heteroatoms. The van der Waals surface area contributed by atoms with Crippen LogP contribution in [0.4, 0.5) is 0 Å². The summed E-state index contributed by atoms with van der Waals surface area (Å²) in [5.74, 6) is -4.03. The van der Waals surface area contributed by atoms with Crippen molar-refractivity contribution in [3.05, 3.63) is 76.5 Å². The molecule has 7 rings (SSSR count). The number of carbonyl (C=O) groups excluding carboxylic acids is 1. The summed E-state index contributed by atoms with van der Waals surface area (Å²) in [5, 5.41) is 135. The molecule has 15 atom stereocenters. The van der Waals surface area contributed by atoms with Crippen molar-refractivity contribution in [3.63, 3.8) is 0 Å². The molecule has 13 N–H and O–H groups in total. The van der Waals surface area contributed by atoms with Crippen molar-refractivity contribution >= 4 is 23.0 Å². The summed E-state index contributed by atoms with van der Waals surface area (Å²) >= 11 is 0. The number of aliphatic hydroxyl groups is 9. The molecule has 65 heavy (non-hydrogen) atoms. The molecule has 1 aromatic heterocycles. The predicted octanol–water partition coefficient (Wildman–Crippen LogP) is -2.24. The smallest absolute Gasteiger partial charge is 0.330 e. The van der Waals surface area contributed by atoms with Gasteiger partial charge in [-0.15, -0.1) is 0 Å². The first-order valence-corrected chi connectivity index (χ1v) is 19.9. The highest BCUT2D eigenvalue weighted by Crippen LogP contribution is 2.39. The predicted molar refractivity (Wildman–Crippen MR) is 214 cm³/mol. The Balaban J connectivity index is 1.10. The van der Waals surface area contributed by atoms with Crippen LogP contribution in [0.15, 0.2) is 69.9 Å². The lowest BCUT2D eigenvalue weighted by atomic mass is 9.97. The highest BCUT2D eigenvalue weighted by atomic mass is 16.7. The van der Waals surface area contributed by atoms with E-state index in [1.54, 1.807) is 0 Å². The number of esters is 1. The van der Waals surface area contributed by atoms with Crippen molar-refractivity contribution in [2.75, 3.05) is 13.2 Å². The van der Waals surface area contributed by atoms with E-state index in [1.807, 2.05) is 0 Å². The number of rotatable bonds is 12. The van der Waals surface area contributed by atoms with Gasteiger partial charge in [0.1, 0.15) is 102 Å². The molecule has 0 bridgehead atoms. The van der Waals surface area contributed by atoms with Crippen LogP contribution in [0.2, 0.25) is 0 Å². The van der Waals surface area contributed by atoms with Crippen molar-refractivity contribution in [1.29, 1.82) is 0 Å². The standard InChI is InChI=1S/C42H46O23/c1-15-28(49)38(64-41-35(56)33(54)30(51)25(63-41)14-58-26(48)9-3-16-2-8-20(45)21(46)10-16)36(57)42(59-15)60-19-11-22(47)27-23(12-19)61-37(17-4-6-18(44)7-5-17)39(31(27)52)65-40-34(55)32(53)29(50)24(13-43)62-40/h2-12,15,24-25,28-30,32-36,38,40-47,49-51,53-57H,13-14H2,1H3. The molecule has 0 aliphatic carbocycles. The lowest BCUT2D eigenvalue weighted by Crippen LogP contribution is -2.64. The topological polar surface area (TPSA) is 375 Å². The number of phenols is 4. The second-order valence-corrected chi connectivity index (χ2v) is 15.4. The van der Waals surface area contributed by atoms with Gasteiger partial charge in [-0.1, -0.05) is 6.07 Å². The minimum absolute atomic E-state index is 0.107. The van der Waals surface area contributed by atoms with Gasteiger partial charge >= 0.3 is 5.97 Å². The lowest BCUT2D eigenvalue weighted by molar-refractivity contribution is -0.350. The molecule has 3 saturated heterocycles. The Morgan fingerprint density at radius 1 is 0.677 bits per heavy atom. The van der Waals surface area contributed by atoms with E-state index >= 15 is 0 Å². The molecule has 4 aromatic rings. The van der Waals surface area contributed by atoms with Crippen molar-refractivity contribution in [1.82, 2.24) is 0 Å². The van der Waals surface area contributed by atoms with Crippen molar-refractivity contribution < 1.29 is 109 Å². The summed E-state index contributed by atoms with van der Waals surface area (Å²) in [6.07, 6.45) is -24.0. The van der Waals surface area contributed by atoms with Gasteiger partial charge in [-0.05, 0) is 55.0 Å². The number of carbonyl (C=O) groups is 1.